The molecule has 0 aliphatic heterocycles. The first-order chi connectivity index (χ1) is 6.86. The third kappa shape index (κ3) is 2.79. The van der Waals surface area contributed by atoms with Crippen molar-refractivity contribution in [1.29, 1.82) is 0 Å². The number of rotatable bonds is 4. The first-order valence-electron chi connectivity index (χ1n) is 4.96. The molecule has 0 aromatic carbocycles. The Kier molecular flexibility index (Phi) is 3.51. The summed E-state index contributed by atoms with van der Waals surface area (Å²) in [4.78, 5) is 4.04. The summed E-state index contributed by atoms with van der Waals surface area (Å²) < 4.78 is 24.1. The molecule has 5 nitrogen and oxygen atoms in total. The van der Waals surface area contributed by atoms with Crippen molar-refractivity contribution in [2.75, 3.05) is 0 Å². The molecule has 0 bridgehead atoms. The first kappa shape index (κ1) is 12.2. The van der Waals surface area contributed by atoms with Crippen LogP contribution in [0.5, 0.6) is 0 Å². The van der Waals surface area contributed by atoms with Crippen LogP contribution < -0.4 is 5.14 Å². The molecule has 0 spiro atoms. The molecule has 15 heavy (non-hydrogen) atoms. The van der Waals surface area contributed by atoms with Crippen LogP contribution in [0.4, 0.5) is 0 Å². The number of hydrogen-bond acceptors (Lipinski definition) is 3. The fraction of sp³-hybridized carbons (Fsp3) is 0.667. The molecule has 0 atom stereocenters. The number of nitrogens with two attached hydrogens (primary N) is 1. The summed E-state index contributed by atoms with van der Waals surface area (Å²) in [6, 6.07) is 0.189. The highest BCUT2D eigenvalue weighted by Crippen LogP contribution is 2.15. The van der Waals surface area contributed by atoms with E-state index in [2.05, 4.69) is 4.98 Å². The molecular formula is C9H17N3O2S. The predicted molar refractivity (Wildman–Crippen MR) is 58.0 cm³/mol. The van der Waals surface area contributed by atoms with Crippen molar-refractivity contribution in [3.05, 3.63) is 12.0 Å². The maximum Gasteiger partial charge on any atom is 0.257 e. The molecule has 0 radical (unpaired) electrons. The topological polar surface area (TPSA) is 78.0 Å². The van der Waals surface area contributed by atoms with Crippen LogP contribution in [-0.2, 0) is 16.4 Å². The van der Waals surface area contributed by atoms with Gasteiger partial charge >= 0.3 is 0 Å². The van der Waals surface area contributed by atoms with E-state index in [0.717, 1.165) is 18.7 Å². The SMILES string of the molecule is CCCc1nc(S(N)(=O)=O)cn1C(C)C. The highest BCUT2D eigenvalue weighted by Gasteiger charge is 2.16. The van der Waals surface area contributed by atoms with E-state index < -0.39 is 10.0 Å². The van der Waals surface area contributed by atoms with E-state index in [1.54, 1.807) is 0 Å². The fourth-order valence-corrected chi connectivity index (χ4v) is 1.89. The Morgan fingerprint density at radius 1 is 1.53 bits per heavy atom. The van der Waals surface area contributed by atoms with Gasteiger partial charge in [-0.05, 0) is 20.3 Å². The van der Waals surface area contributed by atoms with Crippen LogP contribution in [0.3, 0.4) is 0 Å². The van der Waals surface area contributed by atoms with Crippen LogP contribution >= 0.6 is 0 Å². The molecule has 2 N–H and O–H groups in total. The number of primary sulfonamides is 1. The van der Waals surface area contributed by atoms with Crippen molar-refractivity contribution < 1.29 is 8.42 Å². The molecule has 0 saturated carbocycles. The van der Waals surface area contributed by atoms with Crippen LogP contribution in [0.1, 0.15) is 39.1 Å². The number of aryl methyl sites for hydroxylation is 1. The molecule has 0 unspecified atom stereocenters. The van der Waals surface area contributed by atoms with Gasteiger partial charge in [-0.15, -0.1) is 0 Å². The number of nitrogens with zero attached hydrogens (tertiary/aromatic N) is 2. The van der Waals surface area contributed by atoms with Crippen molar-refractivity contribution in [1.82, 2.24) is 9.55 Å². The van der Waals surface area contributed by atoms with Crippen molar-refractivity contribution in [2.24, 2.45) is 5.14 Å². The highest BCUT2D eigenvalue weighted by molar-refractivity contribution is 7.89. The normalized spacial score (nSPS) is 12.3. The molecule has 0 aliphatic rings. The van der Waals surface area contributed by atoms with Gasteiger partial charge in [0, 0.05) is 18.7 Å². The lowest BCUT2D eigenvalue weighted by molar-refractivity contribution is 0.564. The summed E-state index contributed by atoms with van der Waals surface area (Å²) in [5, 5.41) is 4.99. The number of imidazole rings is 1. The maximum atomic E-state index is 11.1. The second-order valence-electron chi connectivity index (χ2n) is 3.79. The van der Waals surface area contributed by atoms with Crippen LogP contribution in [0.2, 0.25) is 0 Å². The van der Waals surface area contributed by atoms with Gasteiger partial charge in [0.1, 0.15) is 5.82 Å². The van der Waals surface area contributed by atoms with Gasteiger partial charge in [-0.1, -0.05) is 6.92 Å². The fourth-order valence-electron chi connectivity index (χ4n) is 1.40. The minimum absolute atomic E-state index is 0.0420. The van der Waals surface area contributed by atoms with Gasteiger partial charge in [-0.2, -0.15) is 0 Å². The average Bonchev–Trinajstić information content (AvgIpc) is 2.48. The van der Waals surface area contributed by atoms with E-state index in [-0.39, 0.29) is 11.1 Å². The Balaban J connectivity index is 3.21. The molecule has 0 aliphatic carbocycles. The van der Waals surface area contributed by atoms with E-state index in [4.69, 9.17) is 5.14 Å². The zero-order valence-corrected chi connectivity index (χ0v) is 10.1. The number of sulfonamides is 1. The molecular weight excluding hydrogens is 214 g/mol. The van der Waals surface area contributed by atoms with Gasteiger partial charge in [0.2, 0.25) is 0 Å². The molecule has 86 valence electrons. The third-order valence-electron chi connectivity index (χ3n) is 2.11. The molecule has 1 rings (SSSR count). The van der Waals surface area contributed by atoms with Crippen LogP contribution in [0.15, 0.2) is 11.2 Å². The van der Waals surface area contributed by atoms with E-state index >= 15 is 0 Å². The average molecular weight is 231 g/mol. The zero-order valence-electron chi connectivity index (χ0n) is 9.27. The molecule has 1 heterocycles. The van der Waals surface area contributed by atoms with Gasteiger partial charge < -0.3 is 4.57 Å². The highest BCUT2D eigenvalue weighted by atomic mass is 32.2. The predicted octanol–water partition coefficient (Wildman–Crippen LogP) is 1.06. The third-order valence-corrected chi connectivity index (χ3v) is 2.89. The van der Waals surface area contributed by atoms with Crippen molar-refractivity contribution in [2.45, 2.75) is 44.7 Å². The summed E-state index contributed by atoms with van der Waals surface area (Å²) in [5.74, 6) is 0.775. The van der Waals surface area contributed by atoms with Crippen molar-refractivity contribution in [3.63, 3.8) is 0 Å². The Bertz CT molecular complexity index is 434. The number of aromatic nitrogens is 2. The minimum atomic E-state index is -3.69. The Morgan fingerprint density at radius 2 is 2.13 bits per heavy atom. The zero-order chi connectivity index (χ0) is 11.6. The van der Waals surface area contributed by atoms with Crippen LogP contribution in [0, 0.1) is 0 Å². The molecule has 1 aromatic heterocycles. The van der Waals surface area contributed by atoms with E-state index in [9.17, 15) is 8.42 Å². The lowest BCUT2D eigenvalue weighted by atomic mass is 10.3. The van der Waals surface area contributed by atoms with E-state index in [1.807, 2.05) is 25.3 Å². The molecule has 0 fully saturated rings. The van der Waals surface area contributed by atoms with Crippen LogP contribution in [-0.4, -0.2) is 18.0 Å². The van der Waals surface area contributed by atoms with Gasteiger partial charge in [0.05, 0.1) is 0 Å². The summed E-state index contributed by atoms with van der Waals surface area (Å²) >= 11 is 0. The Hall–Kier alpha value is -0.880. The molecule has 6 heteroatoms. The monoisotopic (exact) mass is 231 g/mol. The lowest BCUT2D eigenvalue weighted by Crippen LogP contribution is -2.12. The molecule has 0 amide bonds. The maximum absolute atomic E-state index is 11.1. The second kappa shape index (κ2) is 4.32. The lowest BCUT2D eigenvalue weighted by Gasteiger charge is -2.09. The van der Waals surface area contributed by atoms with Crippen molar-refractivity contribution in [3.8, 4) is 0 Å². The van der Waals surface area contributed by atoms with Gasteiger partial charge in [-0.3, -0.25) is 0 Å². The Morgan fingerprint density at radius 3 is 2.53 bits per heavy atom. The molecule has 0 saturated heterocycles. The van der Waals surface area contributed by atoms with Gasteiger partial charge in [0.15, 0.2) is 5.03 Å². The van der Waals surface area contributed by atoms with E-state index in [0.29, 0.717) is 0 Å². The van der Waals surface area contributed by atoms with Gasteiger partial charge in [0.25, 0.3) is 10.0 Å². The summed E-state index contributed by atoms with van der Waals surface area (Å²) in [5.41, 5.74) is 0. The largest absolute Gasteiger partial charge is 0.331 e. The minimum Gasteiger partial charge on any atom is -0.331 e. The van der Waals surface area contributed by atoms with E-state index in [1.165, 1.54) is 6.20 Å². The second-order valence-corrected chi connectivity index (χ2v) is 5.30. The first-order valence-corrected chi connectivity index (χ1v) is 6.51. The molecule has 1 aromatic rings. The van der Waals surface area contributed by atoms with Crippen LogP contribution in [0.25, 0.3) is 0 Å². The standard InChI is InChI=1S/C9H17N3O2S/c1-4-5-8-11-9(15(10,13)14)6-12(8)7(2)3/h6-7H,4-5H2,1-3H3,(H2,10,13,14). The smallest absolute Gasteiger partial charge is 0.257 e. The number of hydrogen-bond donors (Lipinski definition) is 1. The van der Waals surface area contributed by atoms with Crippen molar-refractivity contribution >= 4 is 10.0 Å². The summed E-state index contributed by atoms with van der Waals surface area (Å²) in [6.07, 6.45) is 3.19. The Labute approximate surface area is 90.4 Å². The quantitative estimate of drug-likeness (QED) is 0.841. The van der Waals surface area contributed by atoms with Gasteiger partial charge in [-0.25, -0.2) is 18.5 Å². The summed E-state index contributed by atoms with van der Waals surface area (Å²) in [6.45, 7) is 5.98. The summed E-state index contributed by atoms with van der Waals surface area (Å²) in [7, 11) is -3.69.